The van der Waals surface area contributed by atoms with E-state index < -0.39 is 5.82 Å². The SMILES string of the molecule is CC(C)N1CCC(Nc2cncc(-c3cnc4cnc(NC(=O)c5ccc(F)cc5)cc4c3)n2)CC1. The van der Waals surface area contributed by atoms with Crippen LogP contribution in [0.1, 0.15) is 37.0 Å². The van der Waals surface area contributed by atoms with Gasteiger partial charge in [0, 0.05) is 47.9 Å². The zero-order valence-electron chi connectivity index (χ0n) is 20.3. The smallest absolute Gasteiger partial charge is 0.256 e. The number of aromatic nitrogens is 4. The fraction of sp³-hybridized carbons (Fsp3) is 0.296. The van der Waals surface area contributed by atoms with Crippen LogP contribution in [0.15, 0.2) is 61.2 Å². The zero-order chi connectivity index (χ0) is 25.1. The van der Waals surface area contributed by atoms with Crippen LogP contribution in [0, 0.1) is 5.82 Å². The molecule has 1 aromatic carbocycles. The second-order valence-corrected chi connectivity index (χ2v) is 9.29. The molecule has 0 spiro atoms. The fourth-order valence-corrected chi connectivity index (χ4v) is 4.37. The number of carbonyl (C=O) groups is 1. The van der Waals surface area contributed by atoms with E-state index in [-0.39, 0.29) is 5.91 Å². The van der Waals surface area contributed by atoms with Crippen molar-refractivity contribution in [2.24, 2.45) is 0 Å². The van der Waals surface area contributed by atoms with Gasteiger partial charge >= 0.3 is 0 Å². The van der Waals surface area contributed by atoms with Crippen LogP contribution >= 0.6 is 0 Å². The number of hydrogen-bond donors (Lipinski definition) is 2. The number of nitrogens with one attached hydrogen (secondary N) is 2. The number of amides is 1. The van der Waals surface area contributed by atoms with Crippen LogP contribution in [0.4, 0.5) is 16.0 Å². The average molecular weight is 486 g/mol. The third-order valence-electron chi connectivity index (χ3n) is 6.46. The van der Waals surface area contributed by atoms with Crippen molar-refractivity contribution in [2.45, 2.75) is 38.8 Å². The summed E-state index contributed by atoms with van der Waals surface area (Å²) in [5, 5.41) is 7.09. The standard InChI is InChI=1S/C27H28FN7O/c1-17(2)35-9-7-22(8-10-35)32-26-16-29-14-24(33-26)20-11-19-12-25(31-15-23(19)30-13-20)34-27(36)18-3-5-21(28)6-4-18/h3-6,11-17,22H,7-10H2,1-2H3,(H,32,33)(H,31,34,36). The number of carbonyl (C=O) groups excluding carboxylic acids is 1. The Morgan fingerprint density at radius 3 is 2.53 bits per heavy atom. The minimum atomic E-state index is -0.395. The molecule has 1 aliphatic heterocycles. The largest absolute Gasteiger partial charge is 0.366 e. The Labute approximate surface area is 209 Å². The topological polar surface area (TPSA) is 95.9 Å². The number of piperidine rings is 1. The summed E-state index contributed by atoms with van der Waals surface area (Å²) in [4.78, 5) is 32.9. The Morgan fingerprint density at radius 2 is 1.78 bits per heavy atom. The van der Waals surface area contributed by atoms with Gasteiger partial charge < -0.3 is 15.5 Å². The van der Waals surface area contributed by atoms with E-state index in [9.17, 15) is 9.18 Å². The van der Waals surface area contributed by atoms with Gasteiger partial charge in [-0.05, 0) is 63.1 Å². The molecule has 9 heteroatoms. The first kappa shape index (κ1) is 23.7. The maximum absolute atomic E-state index is 13.1. The summed E-state index contributed by atoms with van der Waals surface area (Å²) in [6, 6.07) is 10.0. The molecule has 4 aromatic rings. The van der Waals surface area contributed by atoms with Gasteiger partial charge in [-0.15, -0.1) is 0 Å². The Hall–Kier alpha value is -3.98. The van der Waals surface area contributed by atoms with Gasteiger partial charge in [-0.2, -0.15) is 0 Å². The quantitative estimate of drug-likeness (QED) is 0.406. The van der Waals surface area contributed by atoms with E-state index >= 15 is 0 Å². The monoisotopic (exact) mass is 485 g/mol. The van der Waals surface area contributed by atoms with Gasteiger partial charge in [0.05, 0.1) is 29.8 Å². The molecule has 0 atom stereocenters. The summed E-state index contributed by atoms with van der Waals surface area (Å²) in [6.07, 6.45) is 8.96. The highest BCUT2D eigenvalue weighted by molar-refractivity contribution is 6.04. The van der Waals surface area contributed by atoms with Gasteiger partial charge in [0.1, 0.15) is 17.5 Å². The number of fused-ring (bicyclic) bond motifs is 1. The Kier molecular flexibility index (Phi) is 6.81. The lowest BCUT2D eigenvalue weighted by atomic mass is 10.0. The second-order valence-electron chi connectivity index (χ2n) is 9.29. The highest BCUT2D eigenvalue weighted by Crippen LogP contribution is 2.24. The molecule has 2 N–H and O–H groups in total. The van der Waals surface area contributed by atoms with Crippen LogP contribution in [-0.4, -0.2) is 55.9 Å². The molecule has 0 bridgehead atoms. The summed E-state index contributed by atoms with van der Waals surface area (Å²) < 4.78 is 13.1. The predicted molar refractivity (Wildman–Crippen MR) is 138 cm³/mol. The van der Waals surface area contributed by atoms with E-state index in [0.717, 1.165) is 42.7 Å². The highest BCUT2D eigenvalue weighted by atomic mass is 19.1. The second kappa shape index (κ2) is 10.3. The summed E-state index contributed by atoms with van der Waals surface area (Å²) in [5.41, 5.74) is 2.57. The number of hydrogen-bond acceptors (Lipinski definition) is 7. The Bertz CT molecular complexity index is 1370. The van der Waals surface area contributed by atoms with Crippen LogP contribution in [0.2, 0.25) is 0 Å². The van der Waals surface area contributed by atoms with Crippen LogP contribution < -0.4 is 10.6 Å². The molecule has 1 amide bonds. The van der Waals surface area contributed by atoms with Crippen molar-refractivity contribution in [3.8, 4) is 11.3 Å². The van der Waals surface area contributed by atoms with Crippen molar-refractivity contribution in [3.63, 3.8) is 0 Å². The van der Waals surface area contributed by atoms with Crippen molar-refractivity contribution in [2.75, 3.05) is 23.7 Å². The van der Waals surface area contributed by atoms with E-state index in [1.807, 2.05) is 6.07 Å². The molecule has 0 saturated carbocycles. The number of rotatable bonds is 6. The Morgan fingerprint density at radius 1 is 1.00 bits per heavy atom. The van der Waals surface area contributed by atoms with Crippen molar-refractivity contribution in [1.82, 2.24) is 24.8 Å². The summed E-state index contributed by atoms with van der Waals surface area (Å²) in [6.45, 7) is 6.62. The van der Waals surface area contributed by atoms with Gasteiger partial charge in [-0.3, -0.25) is 14.8 Å². The lowest BCUT2D eigenvalue weighted by Gasteiger charge is -2.35. The molecular weight excluding hydrogens is 457 g/mol. The van der Waals surface area contributed by atoms with Crippen molar-refractivity contribution in [3.05, 3.63) is 72.6 Å². The number of benzene rings is 1. The lowest BCUT2D eigenvalue weighted by molar-refractivity contribution is 0.102. The van der Waals surface area contributed by atoms with Gasteiger partial charge in [-0.25, -0.2) is 14.4 Å². The first-order valence-corrected chi connectivity index (χ1v) is 12.1. The molecule has 4 heterocycles. The van der Waals surface area contributed by atoms with E-state index in [0.29, 0.717) is 34.7 Å². The summed E-state index contributed by atoms with van der Waals surface area (Å²) in [7, 11) is 0. The molecule has 8 nitrogen and oxygen atoms in total. The van der Waals surface area contributed by atoms with E-state index in [4.69, 9.17) is 4.98 Å². The predicted octanol–water partition coefficient (Wildman–Crippen LogP) is 4.76. The Balaban J connectivity index is 1.31. The molecule has 5 rings (SSSR count). The van der Waals surface area contributed by atoms with Gasteiger partial charge in [0.15, 0.2) is 0 Å². The van der Waals surface area contributed by atoms with Crippen LogP contribution in [0.3, 0.4) is 0 Å². The highest BCUT2D eigenvalue weighted by Gasteiger charge is 2.21. The summed E-state index contributed by atoms with van der Waals surface area (Å²) in [5.74, 6) is 0.366. The molecular formula is C27H28FN7O. The number of nitrogens with zero attached hydrogens (tertiary/aromatic N) is 5. The molecule has 3 aromatic heterocycles. The summed E-state index contributed by atoms with van der Waals surface area (Å²) >= 11 is 0. The molecule has 184 valence electrons. The van der Waals surface area contributed by atoms with Crippen LogP contribution in [0.5, 0.6) is 0 Å². The minimum absolute atomic E-state index is 0.347. The van der Waals surface area contributed by atoms with Crippen molar-refractivity contribution < 1.29 is 9.18 Å². The van der Waals surface area contributed by atoms with Crippen LogP contribution in [-0.2, 0) is 0 Å². The first-order valence-electron chi connectivity index (χ1n) is 12.1. The zero-order valence-corrected chi connectivity index (χ0v) is 20.3. The minimum Gasteiger partial charge on any atom is -0.366 e. The first-order chi connectivity index (χ1) is 17.4. The maximum atomic E-state index is 13.1. The fourth-order valence-electron chi connectivity index (χ4n) is 4.37. The molecule has 0 aliphatic carbocycles. The third kappa shape index (κ3) is 5.46. The molecule has 0 unspecified atom stereocenters. The van der Waals surface area contributed by atoms with E-state index in [1.165, 1.54) is 24.3 Å². The van der Waals surface area contributed by atoms with Crippen molar-refractivity contribution >= 4 is 28.4 Å². The molecule has 1 aliphatic rings. The van der Waals surface area contributed by atoms with Gasteiger partial charge in [0.2, 0.25) is 0 Å². The number of anilines is 2. The molecule has 1 saturated heterocycles. The molecule has 36 heavy (non-hydrogen) atoms. The number of pyridine rings is 2. The van der Waals surface area contributed by atoms with Gasteiger partial charge in [0.25, 0.3) is 5.91 Å². The van der Waals surface area contributed by atoms with Crippen molar-refractivity contribution in [1.29, 1.82) is 0 Å². The third-order valence-corrected chi connectivity index (χ3v) is 6.46. The number of halogens is 1. The maximum Gasteiger partial charge on any atom is 0.256 e. The van der Waals surface area contributed by atoms with E-state index in [2.05, 4.69) is 44.3 Å². The average Bonchev–Trinajstić information content (AvgIpc) is 2.89. The normalized spacial score (nSPS) is 14.8. The molecule has 1 fully saturated rings. The van der Waals surface area contributed by atoms with Gasteiger partial charge in [-0.1, -0.05) is 0 Å². The number of likely N-dealkylation sites (tertiary alicyclic amines) is 1. The lowest BCUT2D eigenvalue weighted by Crippen LogP contribution is -2.42. The van der Waals surface area contributed by atoms with Crippen LogP contribution in [0.25, 0.3) is 22.2 Å². The van der Waals surface area contributed by atoms with E-state index in [1.54, 1.807) is 30.9 Å². The molecule has 0 radical (unpaired) electrons.